The van der Waals surface area contributed by atoms with E-state index in [2.05, 4.69) is 28.9 Å². The third-order valence-corrected chi connectivity index (χ3v) is 3.47. The van der Waals surface area contributed by atoms with Gasteiger partial charge in [0.05, 0.1) is 6.54 Å². The molecule has 0 radical (unpaired) electrons. The standard InChI is InChI=1S/C12H21N5O2/c1-9-7-16(2)4-3-5-17(9)8-10-6-11(15-19-10)12(18)14-13/h6,9H,3-5,7-8,13H2,1-2H3,(H,14,18). The Morgan fingerprint density at radius 3 is 3.16 bits per heavy atom. The molecule has 106 valence electrons. The maximum Gasteiger partial charge on any atom is 0.287 e. The monoisotopic (exact) mass is 267 g/mol. The molecule has 1 saturated heterocycles. The number of hydrogen-bond donors (Lipinski definition) is 2. The van der Waals surface area contributed by atoms with E-state index in [1.807, 2.05) is 5.43 Å². The van der Waals surface area contributed by atoms with E-state index in [4.69, 9.17) is 10.4 Å². The van der Waals surface area contributed by atoms with Gasteiger partial charge in [-0.3, -0.25) is 15.1 Å². The second kappa shape index (κ2) is 6.14. The van der Waals surface area contributed by atoms with Crippen LogP contribution in [-0.4, -0.2) is 53.6 Å². The number of nitrogen functional groups attached to an aromatic ring is 1. The third-order valence-electron chi connectivity index (χ3n) is 3.47. The van der Waals surface area contributed by atoms with E-state index in [1.54, 1.807) is 6.07 Å². The molecule has 1 aliphatic rings. The molecule has 1 aromatic heterocycles. The highest BCUT2D eigenvalue weighted by Crippen LogP contribution is 2.14. The summed E-state index contributed by atoms with van der Waals surface area (Å²) in [5.41, 5.74) is 2.26. The summed E-state index contributed by atoms with van der Waals surface area (Å²) in [4.78, 5) is 16.0. The molecule has 3 N–H and O–H groups in total. The van der Waals surface area contributed by atoms with Crippen molar-refractivity contribution in [3.05, 3.63) is 17.5 Å². The number of aromatic nitrogens is 1. The Kier molecular flexibility index (Phi) is 4.52. The molecule has 1 aliphatic heterocycles. The van der Waals surface area contributed by atoms with Crippen LogP contribution in [-0.2, 0) is 6.54 Å². The van der Waals surface area contributed by atoms with Crippen molar-refractivity contribution in [2.45, 2.75) is 25.9 Å². The predicted octanol–water partition coefficient (Wildman–Crippen LogP) is -0.196. The fourth-order valence-corrected chi connectivity index (χ4v) is 2.43. The minimum Gasteiger partial charge on any atom is -0.359 e. The number of nitrogens with one attached hydrogen (secondary N) is 1. The van der Waals surface area contributed by atoms with Crippen molar-refractivity contribution in [1.29, 1.82) is 0 Å². The summed E-state index contributed by atoms with van der Waals surface area (Å²) < 4.78 is 5.18. The smallest absolute Gasteiger partial charge is 0.287 e. The van der Waals surface area contributed by atoms with Crippen LogP contribution in [0.5, 0.6) is 0 Å². The second-order valence-electron chi connectivity index (χ2n) is 5.09. The normalized spacial score (nSPS) is 22.2. The first-order valence-corrected chi connectivity index (χ1v) is 6.49. The number of hydrazine groups is 1. The lowest BCUT2D eigenvalue weighted by Crippen LogP contribution is -2.37. The number of nitrogens with zero attached hydrogens (tertiary/aromatic N) is 3. The van der Waals surface area contributed by atoms with Crippen LogP contribution in [0.1, 0.15) is 29.6 Å². The summed E-state index contributed by atoms with van der Waals surface area (Å²) in [5, 5.41) is 3.71. The van der Waals surface area contributed by atoms with E-state index in [9.17, 15) is 4.79 Å². The maximum atomic E-state index is 11.3. The van der Waals surface area contributed by atoms with Crippen molar-refractivity contribution < 1.29 is 9.32 Å². The summed E-state index contributed by atoms with van der Waals surface area (Å²) in [6.07, 6.45) is 1.13. The summed E-state index contributed by atoms with van der Waals surface area (Å²) in [7, 11) is 2.14. The molecule has 1 aromatic rings. The first-order chi connectivity index (χ1) is 9.10. The molecule has 0 aliphatic carbocycles. The molecule has 7 nitrogen and oxygen atoms in total. The fourth-order valence-electron chi connectivity index (χ4n) is 2.43. The maximum absolute atomic E-state index is 11.3. The lowest BCUT2D eigenvalue weighted by Gasteiger charge is -2.26. The van der Waals surface area contributed by atoms with Gasteiger partial charge in [0.25, 0.3) is 5.91 Å². The van der Waals surface area contributed by atoms with Crippen molar-refractivity contribution in [2.75, 3.05) is 26.7 Å². The van der Waals surface area contributed by atoms with Gasteiger partial charge in [-0.2, -0.15) is 0 Å². The number of carbonyl (C=O) groups is 1. The topological polar surface area (TPSA) is 87.6 Å². The van der Waals surface area contributed by atoms with Crippen molar-refractivity contribution in [3.63, 3.8) is 0 Å². The van der Waals surface area contributed by atoms with Crippen molar-refractivity contribution in [1.82, 2.24) is 20.4 Å². The highest BCUT2D eigenvalue weighted by molar-refractivity contribution is 5.91. The third kappa shape index (κ3) is 3.52. The van der Waals surface area contributed by atoms with Crippen LogP contribution in [0.4, 0.5) is 0 Å². The summed E-state index contributed by atoms with van der Waals surface area (Å²) in [6.45, 7) is 6.03. The van der Waals surface area contributed by atoms with E-state index in [-0.39, 0.29) is 5.69 Å². The highest BCUT2D eigenvalue weighted by atomic mass is 16.5. The lowest BCUT2D eigenvalue weighted by atomic mass is 10.2. The molecule has 1 unspecified atom stereocenters. The van der Waals surface area contributed by atoms with Crippen LogP contribution in [0.25, 0.3) is 0 Å². The van der Waals surface area contributed by atoms with Gasteiger partial charge in [0.2, 0.25) is 0 Å². The van der Waals surface area contributed by atoms with Crippen LogP contribution in [0.15, 0.2) is 10.6 Å². The van der Waals surface area contributed by atoms with Crippen LogP contribution in [0.3, 0.4) is 0 Å². The number of carbonyl (C=O) groups excluding carboxylic acids is 1. The van der Waals surface area contributed by atoms with Crippen LogP contribution in [0, 0.1) is 0 Å². The summed E-state index contributed by atoms with van der Waals surface area (Å²) >= 11 is 0. The molecule has 1 atom stereocenters. The molecule has 19 heavy (non-hydrogen) atoms. The van der Waals surface area contributed by atoms with Gasteiger partial charge in [-0.1, -0.05) is 5.16 Å². The number of likely N-dealkylation sites (N-methyl/N-ethyl adjacent to an activating group) is 1. The molecule has 0 spiro atoms. The Hall–Kier alpha value is -1.44. The lowest BCUT2D eigenvalue weighted by molar-refractivity contribution is 0.0944. The molecule has 0 saturated carbocycles. The first kappa shape index (κ1) is 14.0. The van der Waals surface area contributed by atoms with E-state index < -0.39 is 5.91 Å². The Labute approximate surface area is 112 Å². The summed E-state index contributed by atoms with van der Waals surface area (Å²) in [6, 6.07) is 2.09. The Morgan fingerprint density at radius 1 is 1.63 bits per heavy atom. The zero-order valence-corrected chi connectivity index (χ0v) is 11.4. The van der Waals surface area contributed by atoms with Gasteiger partial charge in [0.1, 0.15) is 0 Å². The van der Waals surface area contributed by atoms with Gasteiger partial charge >= 0.3 is 0 Å². The van der Waals surface area contributed by atoms with Crippen LogP contribution in [0.2, 0.25) is 0 Å². The first-order valence-electron chi connectivity index (χ1n) is 6.49. The van der Waals surface area contributed by atoms with Gasteiger partial charge in [-0.25, -0.2) is 5.84 Å². The molecule has 1 fully saturated rings. The van der Waals surface area contributed by atoms with Gasteiger partial charge < -0.3 is 9.42 Å². The molecule has 2 rings (SSSR count). The molecular weight excluding hydrogens is 246 g/mol. The van der Waals surface area contributed by atoms with E-state index in [1.165, 1.54) is 0 Å². The number of hydrogen-bond acceptors (Lipinski definition) is 6. The average Bonchev–Trinajstić information content (AvgIpc) is 2.78. The minimum absolute atomic E-state index is 0.220. The zero-order valence-electron chi connectivity index (χ0n) is 11.4. The van der Waals surface area contributed by atoms with E-state index >= 15 is 0 Å². The van der Waals surface area contributed by atoms with Gasteiger partial charge in [0.15, 0.2) is 11.5 Å². The molecule has 0 bridgehead atoms. The molecule has 1 amide bonds. The number of amides is 1. The van der Waals surface area contributed by atoms with Crippen molar-refractivity contribution in [2.24, 2.45) is 5.84 Å². The highest BCUT2D eigenvalue weighted by Gasteiger charge is 2.21. The minimum atomic E-state index is -0.432. The zero-order chi connectivity index (χ0) is 13.8. The van der Waals surface area contributed by atoms with E-state index in [0.29, 0.717) is 18.3 Å². The summed E-state index contributed by atoms with van der Waals surface area (Å²) in [5.74, 6) is 5.32. The van der Waals surface area contributed by atoms with Crippen molar-refractivity contribution >= 4 is 5.91 Å². The fraction of sp³-hybridized carbons (Fsp3) is 0.667. The van der Waals surface area contributed by atoms with Gasteiger partial charge in [-0.15, -0.1) is 0 Å². The quantitative estimate of drug-likeness (QED) is 0.448. The van der Waals surface area contributed by atoms with Crippen LogP contribution >= 0.6 is 0 Å². The number of nitrogens with two attached hydrogens (primary N) is 1. The Bertz CT molecular complexity index is 434. The Balaban J connectivity index is 1.99. The predicted molar refractivity (Wildman–Crippen MR) is 70.1 cm³/mol. The average molecular weight is 267 g/mol. The molecule has 2 heterocycles. The van der Waals surface area contributed by atoms with Crippen molar-refractivity contribution in [3.8, 4) is 0 Å². The number of rotatable bonds is 3. The Morgan fingerprint density at radius 2 is 2.42 bits per heavy atom. The van der Waals surface area contributed by atoms with Gasteiger partial charge in [-0.05, 0) is 26.9 Å². The van der Waals surface area contributed by atoms with E-state index in [0.717, 1.165) is 26.1 Å². The SMILES string of the molecule is CC1CN(C)CCCN1Cc1cc(C(=O)NN)no1. The largest absolute Gasteiger partial charge is 0.359 e. The van der Waals surface area contributed by atoms with Gasteiger partial charge in [0, 0.05) is 25.2 Å². The molecule has 7 heteroatoms. The second-order valence-corrected chi connectivity index (χ2v) is 5.09. The molecular formula is C12H21N5O2. The molecule has 0 aromatic carbocycles. The van der Waals surface area contributed by atoms with Crippen LogP contribution < -0.4 is 11.3 Å².